The number of carbonyl (C=O) groups is 1. The second-order valence-corrected chi connectivity index (χ2v) is 4.39. The number of hydrogen-bond acceptors (Lipinski definition) is 3. The molecule has 3 N–H and O–H groups in total. The van der Waals surface area contributed by atoms with Crippen LogP contribution in [0.3, 0.4) is 0 Å². The largest absolute Gasteiger partial charge is 0.354 e. The molecule has 2 aromatic rings. The van der Waals surface area contributed by atoms with Gasteiger partial charge in [-0.25, -0.2) is 0 Å². The number of fused-ring (bicyclic) bond motifs is 1. The van der Waals surface area contributed by atoms with Crippen molar-refractivity contribution in [2.45, 2.75) is 19.4 Å². The van der Waals surface area contributed by atoms with Gasteiger partial charge >= 0.3 is 0 Å². The molecule has 0 aliphatic carbocycles. The third kappa shape index (κ3) is 2.87. The Morgan fingerprint density at radius 2 is 2.22 bits per heavy atom. The summed E-state index contributed by atoms with van der Waals surface area (Å²) in [6.07, 6.45) is 0.330. The van der Waals surface area contributed by atoms with Crippen LogP contribution in [0.25, 0.3) is 10.9 Å². The van der Waals surface area contributed by atoms with Gasteiger partial charge < -0.3 is 10.6 Å². The minimum atomic E-state index is 0.00602. The highest BCUT2D eigenvalue weighted by atomic mass is 16.1. The summed E-state index contributed by atoms with van der Waals surface area (Å²) < 4.78 is 0. The molecule has 0 aliphatic heterocycles. The number of rotatable bonds is 5. The zero-order chi connectivity index (χ0) is 13.0. The van der Waals surface area contributed by atoms with Gasteiger partial charge in [0, 0.05) is 18.0 Å². The quantitative estimate of drug-likeness (QED) is 0.732. The van der Waals surface area contributed by atoms with Crippen molar-refractivity contribution in [3.63, 3.8) is 0 Å². The van der Waals surface area contributed by atoms with Crippen molar-refractivity contribution < 1.29 is 4.79 Å². The fourth-order valence-electron chi connectivity index (χ4n) is 1.74. The number of para-hydroxylation sites is 1. The highest BCUT2D eigenvalue weighted by molar-refractivity contribution is 5.87. The smallest absolute Gasteiger partial charge is 0.226 e. The van der Waals surface area contributed by atoms with Crippen molar-refractivity contribution in [2.75, 3.05) is 13.6 Å². The predicted molar refractivity (Wildman–Crippen MR) is 71.3 cm³/mol. The van der Waals surface area contributed by atoms with E-state index in [9.17, 15) is 4.79 Å². The Bertz CT molecular complexity index is 535. The Kier molecular flexibility index (Phi) is 3.94. The number of aromatic nitrogens is 2. The van der Waals surface area contributed by atoms with Gasteiger partial charge in [-0.1, -0.05) is 18.2 Å². The van der Waals surface area contributed by atoms with Crippen molar-refractivity contribution in [2.24, 2.45) is 0 Å². The van der Waals surface area contributed by atoms with E-state index in [0.717, 1.165) is 16.6 Å². The van der Waals surface area contributed by atoms with Crippen LogP contribution in [0.15, 0.2) is 24.3 Å². The van der Waals surface area contributed by atoms with Gasteiger partial charge in [0.15, 0.2) is 0 Å². The van der Waals surface area contributed by atoms with E-state index in [1.165, 1.54) is 0 Å². The molecule has 1 heterocycles. The second kappa shape index (κ2) is 5.64. The molecule has 1 aromatic heterocycles. The summed E-state index contributed by atoms with van der Waals surface area (Å²) in [4.78, 5) is 11.8. The van der Waals surface area contributed by atoms with Crippen LogP contribution in [-0.2, 0) is 11.2 Å². The standard InChI is InChI=1S/C13H18N4O/c1-9(14-2)8-15-13(18)7-12-10-5-3-4-6-11(10)16-17-12/h3-6,9,14H,7-8H2,1-2H3,(H,15,18)(H,16,17). The fraction of sp³-hybridized carbons (Fsp3) is 0.385. The highest BCUT2D eigenvalue weighted by Crippen LogP contribution is 2.15. The third-order valence-electron chi connectivity index (χ3n) is 2.98. The molecule has 0 spiro atoms. The molecular weight excluding hydrogens is 228 g/mol. The maximum Gasteiger partial charge on any atom is 0.226 e. The lowest BCUT2D eigenvalue weighted by Gasteiger charge is -2.10. The summed E-state index contributed by atoms with van der Waals surface area (Å²) in [7, 11) is 1.87. The number of hydrogen-bond donors (Lipinski definition) is 3. The number of carbonyl (C=O) groups excluding carboxylic acids is 1. The maximum absolute atomic E-state index is 11.8. The lowest BCUT2D eigenvalue weighted by atomic mass is 10.1. The van der Waals surface area contributed by atoms with E-state index in [1.54, 1.807) is 0 Å². The monoisotopic (exact) mass is 246 g/mol. The van der Waals surface area contributed by atoms with Crippen LogP contribution in [0.2, 0.25) is 0 Å². The topological polar surface area (TPSA) is 69.8 Å². The third-order valence-corrected chi connectivity index (χ3v) is 2.98. The Balaban J connectivity index is 1.99. The predicted octanol–water partition coefficient (Wildman–Crippen LogP) is 0.830. The summed E-state index contributed by atoms with van der Waals surface area (Å²) in [6.45, 7) is 2.65. The van der Waals surface area contributed by atoms with Crippen LogP contribution in [0, 0.1) is 0 Å². The van der Waals surface area contributed by atoms with Crippen LogP contribution < -0.4 is 10.6 Å². The van der Waals surface area contributed by atoms with Gasteiger partial charge in [0.1, 0.15) is 0 Å². The molecule has 0 saturated carbocycles. The molecule has 5 nitrogen and oxygen atoms in total. The first-order valence-electron chi connectivity index (χ1n) is 6.06. The molecule has 0 radical (unpaired) electrons. The van der Waals surface area contributed by atoms with Gasteiger partial charge in [0.25, 0.3) is 0 Å². The molecule has 1 unspecified atom stereocenters. The summed E-state index contributed by atoms with van der Waals surface area (Å²) >= 11 is 0. The Labute approximate surface area is 106 Å². The maximum atomic E-state index is 11.8. The average Bonchev–Trinajstić information content (AvgIpc) is 2.79. The zero-order valence-corrected chi connectivity index (χ0v) is 10.7. The fourth-order valence-corrected chi connectivity index (χ4v) is 1.74. The first-order valence-corrected chi connectivity index (χ1v) is 6.06. The summed E-state index contributed by atoms with van der Waals surface area (Å²) in [5, 5.41) is 14.1. The van der Waals surface area contributed by atoms with Gasteiger partial charge in [-0.15, -0.1) is 0 Å². The lowest BCUT2D eigenvalue weighted by Crippen LogP contribution is -2.37. The van der Waals surface area contributed by atoms with E-state index in [1.807, 2.05) is 38.2 Å². The number of benzene rings is 1. The van der Waals surface area contributed by atoms with Crippen LogP contribution in [-0.4, -0.2) is 35.7 Å². The molecule has 96 valence electrons. The van der Waals surface area contributed by atoms with Gasteiger partial charge in [-0.2, -0.15) is 5.10 Å². The first-order chi connectivity index (χ1) is 8.70. The molecule has 5 heteroatoms. The second-order valence-electron chi connectivity index (χ2n) is 4.39. The van der Waals surface area contributed by atoms with E-state index in [4.69, 9.17) is 0 Å². The molecule has 18 heavy (non-hydrogen) atoms. The number of likely N-dealkylation sites (N-methyl/N-ethyl adjacent to an activating group) is 1. The van der Waals surface area contributed by atoms with Gasteiger partial charge in [-0.05, 0) is 20.0 Å². The van der Waals surface area contributed by atoms with Crippen molar-refractivity contribution in [3.05, 3.63) is 30.0 Å². The molecule has 1 amide bonds. The molecule has 2 rings (SSSR count). The normalized spacial score (nSPS) is 12.6. The van der Waals surface area contributed by atoms with Crippen molar-refractivity contribution >= 4 is 16.8 Å². The molecular formula is C13H18N4O. The Morgan fingerprint density at radius 3 is 3.00 bits per heavy atom. The molecule has 0 saturated heterocycles. The minimum Gasteiger partial charge on any atom is -0.354 e. The number of amides is 1. The highest BCUT2D eigenvalue weighted by Gasteiger charge is 2.09. The molecule has 1 aromatic carbocycles. The minimum absolute atomic E-state index is 0.00602. The number of nitrogens with zero attached hydrogens (tertiary/aromatic N) is 1. The number of aromatic amines is 1. The molecule has 0 bridgehead atoms. The first kappa shape index (κ1) is 12.6. The van der Waals surface area contributed by atoms with Gasteiger partial charge in [-0.3, -0.25) is 9.89 Å². The summed E-state index contributed by atoms with van der Waals surface area (Å²) in [6, 6.07) is 8.05. The van der Waals surface area contributed by atoms with E-state index in [-0.39, 0.29) is 11.9 Å². The molecule has 0 fully saturated rings. The SMILES string of the molecule is CNC(C)CNC(=O)Cc1[nH]nc2ccccc12. The van der Waals surface area contributed by atoms with E-state index < -0.39 is 0 Å². The van der Waals surface area contributed by atoms with E-state index in [2.05, 4.69) is 20.8 Å². The van der Waals surface area contributed by atoms with Crippen LogP contribution >= 0.6 is 0 Å². The lowest BCUT2D eigenvalue weighted by molar-refractivity contribution is -0.120. The summed E-state index contributed by atoms with van der Waals surface area (Å²) in [5.74, 6) is 0.00602. The van der Waals surface area contributed by atoms with E-state index in [0.29, 0.717) is 13.0 Å². The van der Waals surface area contributed by atoms with Crippen LogP contribution in [0.4, 0.5) is 0 Å². The molecule has 1 atom stereocenters. The zero-order valence-electron chi connectivity index (χ0n) is 10.7. The van der Waals surface area contributed by atoms with Gasteiger partial charge in [0.2, 0.25) is 5.91 Å². The number of H-pyrrole nitrogens is 1. The number of nitrogens with one attached hydrogen (secondary N) is 3. The summed E-state index contributed by atoms with van der Waals surface area (Å²) in [5.41, 5.74) is 1.75. The van der Waals surface area contributed by atoms with Crippen molar-refractivity contribution in [3.8, 4) is 0 Å². The Morgan fingerprint density at radius 1 is 1.44 bits per heavy atom. The Hall–Kier alpha value is -1.88. The van der Waals surface area contributed by atoms with E-state index >= 15 is 0 Å². The van der Waals surface area contributed by atoms with Crippen LogP contribution in [0.1, 0.15) is 12.6 Å². The average molecular weight is 246 g/mol. The van der Waals surface area contributed by atoms with Crippen molar-refractivity contribution in [1.82, 2.24) is 20.8 Å². The van der Waals surface area contributed by atoms with Crippen molar-refractivity contribution in [1.29, 1.82) is 0 Å². The van der Waals surface area contributed by atoms with Crippen LogP contribution in [0.5, 0.6) is 0 Å². The van der Waals surface area contributed by atoms with Gasteiger partial charge in [0.05, 0.1) is 17.6 Å². The molecule has 0 aliphatic rings.